The Balaban J connectivity index is 3.12. The standard InChI is InChI=1S/C11H8ClNO3/c12-9-4-7(2-1-3-10(13)15)11(16)8(5-9)6-14/h4-6,16H,3H2,(H2,13,15). The Hall–Kier alpha value is -1.99. The third-order valence-electron chi connectivity index (χ3n) is 1.72. The average Bonchev–Trinajstić information content (AvgIpc) is 2.22. The molecule has 3 N–H and O–H groups in total. The number of halogens is 1. The zero-order chi connectivity index (χ0) is 12.1. The molecule has 1 aromatic carbocycles. The van der Waals surface area contributed by atoms with E-state index in [1.165, 1.54) is 12.1 Å². The van der Waals surface area contributed by atoms with Gasteiger partial charge in [0, 0.05) is 5.02 Å². The van der Waals surface area contributed by atoms with Gasteiger partial charge < -0.3 is 10.8 Å². The number of hydrogen-bond donors (Lipinski definition) is 2. The van der Waals surface area contributed by atoms with Crippen molar-refractivity contribution in [3.05, 3.63) is 28.3 Å². The Morgan fingerprint density at radius 3 is 2.81 bits per heavy atom. The fourth-order valence-electron chi connectivity index (χ4n) is 1.03. The largest absolute Gasteiger partial charge is 0.506 e. The molecule has 0 fully saturated rings. The molecule has 82 valence electrons. The second-order valence-electron chi connectivity index (χ2n) is 2.95. The summed E-state index contributed by atoms with van der Waals surface area (Å²) in [5.74, 6) is 4.16. The molecule has 0 bridgehead atoms. The zero-order valence-corrected chi connectivity index (χ0v) is 8.91. The van der Waals surface area contributed by atoms with E-state index in [9.17, 15) is 14.7 Å². The van der Waals surface area contributed by atoms with Crippen molar-refractivity contribution in [3.8, 4) is 17.6 Å². The molecule has 0 saturated carbocycles. The molecule has 0 heterocycles. The lowest BCUT2D eigenvalue weighted by molar-refractivity contribution is -0.117. The number of benzene rings is 1. The molecule has 5 heteroatoms. The van der Waals surface area contributed by atoms with Gasteiger partial charge in [-0.2, -0.15) is 0 Å². The quantitative estimate of drug-likeness (QED) is 0.597. The highest BCUT2D eigenvalue weighted by Gasteiger charge is 2.06. The summed E-state index contributed by atoms with van der Waals surface area (Å²) in [5, 5.41) is 9.85. The molecule has 1 rings (SSSR count). The monoisotopic (exact) mass is 237 g/mol. The van der Waals surface area contributed by atoms with Crippen molar-refractivity contribution < 1.29 is 14.7 Å². The Labute approximate surface area is 97.0 Å². The summed E-state index contributed by atoms with van der Waals surface area (Å²) in [7, 11) is 0. The van der Waals surface area contributed by atoms with Crippen molar-refractivity contribution in [1.82, 2.24) is 0 Å². The first-order valence-electron chi connectivity index (χ1n) is 4.29. The topological polar surface area (TPSA) is 80.4 Å². The first-order chi connectivity index (χ1) is 7.54. The van der Waals surface area contributed by atoms with Gasteiger partial charge in [-0.1, -0.05) is 23.4 Å². The van der Waals surface area contributed by atoms with Crippen molar-refractivity contribution in [3.63, 3.8) is 0 Å². The van der Waals surface area contributed by atoms with Crippen LogP contribution in [0.25, 0.3) is 0 Å². The maximum atomic E-state index is 10.6. The normalized spacial score (nSPS) is 9.06. The molecule has 0 unspecified atom stereocenters. The summed E-state index contributed by atoms with van der Waals surface area (Å²) in [4.78, 5) is 21.0. The highest BCUT2D eigenvalue weighted by molar-refractivity contribution is 6.31. The van der Waals surface area contributed by atoms with E-state index in [0.29, 0.717) is 6.29 Å². The van der Waals surface area contributed by atoms with Gasteiger partial charge >= 0.3 is 0 Å². The number of amides is 1. The average molecular weight is 238 g/mol. The molecule has 1 amide bonds. The summed E-state index contributed by atoms with van der Waals surface area (Å²) >= 11 is 5.71. The molecule has 1 aromatic rings. The molecule has 0 spiro atoms. The Morgan fingerprint density at radius 2 is 2.25 bits per heavy atom. The van der Waals surface area contributed by atoms with Crippen LogP contribution in [0.3, 0.4) is 0 Å². The van der Waals surface area contributed by atoms with Crippen LogP contribution in [0.5, 0.6) is 5.75 Å². The number of phenolic OH excluding ortho intramolecular Hbond substituents is 1. The van der Waals surface area contributed by atoms with Crippen molar-refractivity contribution in [1.29, 1.82) is 0 Å². The van der Waals surface area contributed by atoms with Gasteiger partial charge in [0.1, 0.15) is 5.75 Å². The van der Waals surface area contributed by atoms with Gasteiger partial charge in [-0.25, -0.2) is 0 Å². The van der Waals surface area contributed by atoms with Crippen LogP contribution in [-0.4, -0.2) is 17.3 Å². The minimum Gasteiger partial charge on any atom is -0.506 e. The molecule has 0 aliphatic rings. The van der Waals surface area contributed by atoms with E-state index >= 15 is 0 Å². The lowest BCUT2D eigenvalue weighted by Gasteiger charge is -2.01. The van der Waals surface area contributed by atoms with Crippen molar-refractivity contribution in [2.24, 2.45) is 5.73 Å². The maximum Gasteiger partial charge on any atom is 0.229 e. The van der Waals surface area contributed by atoms with E-state index in [4.69, 9.17) is 17.3 Å². The summed E-state index contributed by atoms with van der Waals surface area (Å²) in [6, 6.07) is 2.72. The molecule has 0 aromatic heterocycles. The molecular weight excluding hydrogens is 230 g/mol. The number of primary amides is 1. The van der Waals surface area contributed by atoms with Gasteiger partial charge in [-0.15, -0.1) is 0 Å². The number of carbonyl (C=O) groups excluding carboxylic acids is 2. The van der Waals surface area contributed by atoms with E-state index in [2.05, 4.69) is 11.8 Å². The first kappa shape index (κ1) is 12.1. The van der Waals surface area contributed by atoms with Crippen LogP contribution in [0.15, 0.2) is 12.1 Å². The summed E-state index contributed by atoms with van der Waals surface area (Å²) in [5.41, 5.74) is 5.14. The third kappa shape index (κ3) is 3.01. The smallest absolute Gasteiger partial charge is 0.229 e. The van der Waals surface area contributed by atoms with Crippen LogP contribution >= 0.6 is 11.6 Å². The van der Waals surface area contributed by atoms with Gasteiger partial charge in [0.25, 0.3) is 0 Å². The second-order valence-corrected chi connectivity index (χ2v) is 3.39. The molecule has 0 atom stereocenters. The van der Waals surface area contributed by atoms with Crippen LogP contribution < -0.4 is 5.73 Å². The number of phenols is 1. The van der Waals surface area contributed by atoms with Crippen LogP contribution in [-0.2, 0) is 4.79 Å². The van der Waals surface area contributed by atoms with Crippen LogP contribution in [0.2, 0.25) is 5.02 Å². The highest BCUT2D eigenvalue weighted by atomic mass is 35.5. The minimum absolute atomic E-state index is 0.0517. The van der Waals surface area contributed by atoms with E-state index < -0.39 is 5.91 Å². The molecule has 4 nitrogen and oxygen atoms in total. The van der Waals surface area contributed by atoms with Gasteiger partial charge in [0.15, 0.2) is 6.29 Å². The number of rotatable bonds is 2. The zero-order valence-electron chi connectivity index (χ0n) is 8.16. The summed E-state index contributed by atoms with van der Waals surface area (Å²) < 4.78 is 0. The predicted molar refractivity (Wildman–Crippen MR) is 59.2 cm³/mol. The molecular formula is C11H8ClNO3. The fraction of sp³-hybridized carbons (Fsp3) is 0.0909. The van der Waals surface area contributed by atoms with Crippen LogP contribution in [0.1, 0.15) is 22.3 Å². The van der Waals surface area contributed by atoms with Crippen molar-refractivity contribution in [2.75, 3.05) is 0 Å². The number of hydrogen-bond acceptors (Lipinski definition) is 3. The Morgan fingerprint density at radius 1 is 1.56 bits per heavy atom. The van der Waals surface area contributed by atoms with E-state index in [0.717, 1.165) is 0 Å². The lowest BCUT2D eigenvalue weighted by Crippen LogP contribution is -2.08. The number of aldehydes is 1. The van der Waals surface area contributed by atoms with E-state index in [1.54, 1.807) is 0 Å². The summed E-state index contributed by atoms with van der Waals surface area (Å²) in [6.07, 6.45) is 0.350. The molecule has 0 aliphatic carbocycles. The fourth-order valence-corrected chi connectivity index (χ4v) is 1.26. The second kappa shape index (κ2) is 5.19. The van der Waals surface area contributed by atoms with Crippen molar-refractivity contribution in [2.45, 2.75) is 6.42 Å². The number of nitrogens with two attached hydrogens (primary N) is 1. The summed E-state index contributed by atoms with van der Waals surface area (Å²) in [6.45, 7) is 0. The molecule has 0 aliphatic heterocycles. The molecule has 0 saturated heterocycles. The van der Waals surface area contributed by atoms with E-state index in [1.807, 2.05) is 0 Å². The van der Waals surface area contributed by atoms with Gasteiger partial charge in [-0.3, -0.25) is 9.59 Å². The molecule has 16 heavy (non-hydrogen) atoms. The predicted octanol–water partition coefficient (Wildman–Crippen LogP) is 1.08. The van der Waals surface area contributed by atoms with Gasteiger partial charge in [0.05, 0.1) is 17.5 Å². The van der Waals surface area contributed by atoms with Gasteiger partial charge in [-0.05, 0) is 12.1 Å². The van der Waals surface area contributed by atoms with Crippen LogP contribution in [0, 0.1) is 11.8 Å². The Bertz CT molecular complexity index is 500. The number of carbonyl (C=O) groups is 2. The van der Waals surface area contributed by atoms with E-state index in [-0.39, 0.29) is 28.3 Å². The maximum absolute atomic E-state index is 10.6. The lowest BCUT2D eigenvalue weighted by atomic mass is 10.1. The van der Waals surface area contributed by atoms with Crippen molar-refractivity contribution >= 4 is 23.8 Å². The molecule has 0 radical (unpaired) electrons. The third-order valence-corrected chi connectivity index (χ3v) is 1.94. The van der Waals surface area contributed by atoms with Gasteiger partial charge in [0.2, 0.25) is 5.91 Å². The van der Waals surface area contributed by atoms with Crippen LogP contribution in [0.4, 0.5) is 0 Å². The highest BCUT2D eigenvalue weighted by Crippen LogP contribution is 2.25. The number of aromatic hydroxyl groups is 1. The minimum atomic E-state index is -0.565. The SMILES string of the molecule is NC(=O)CC#Cc1cc(Cl)cc(C=O)c1O. The Kier molecular flexibility index (Phi) is 3.92. The first-order valence-corrected chi connectivity index (χ1v) is 4.67.